The molecular weight excluding hydrogens is 276 g/mol. The van der Waals surface area contributed by atoms with Gasteiger partial charge < -0.3 is 5.32 Å². The van der Waals surface area contributed by atoms with Crippen LogP contribution in [-0.2, 0) is 6.54 Å². The Morgan fingerprint density at radius 3 is 3.07 bits per heavy atom. The van der Waals surface area contributed by atoms with E-state index in [9.17, 15) is 0 Å². The van der Waals surface area contributed by atoms with Crippen LogP contribution in [0.3, 0.4) is 0 Å². The first-order valence-electron chi connectivity index (χ1n) is 4.39. The van der Waals surface area contributed by atoms with E-state index in [0.717, 1.165) is 26.7 Å². The zero-order valence-electron chi connectivity index (χ0n) is 8.07. The maximum absolute atomic E-state index is 4.26. The Morgan fingerprint density at radius 1 is 1.47 bits per heavy atom. The number of rotatable bonds is 3. The molecule has 0 saturated carbocycles. The molecule has 0 amide bonds. The Balaban J connectivity index is 2.33. The lowest BCUT2D eigenvalue weighted by atomic mass is 10.4. The maximum Gasteiger partial charge on any atom is 0.167 e. The Kier molecular flexibility index (Phi) is 3.40. The van der Waals surface area contributed by atoms with Crippen LogP contribution in [0.4, 0.5) is 0 Å². The van der Waals surface area contributed by atoms with Crippen LogP contribution >= 0.6 is 27.3 Å². The first-order chi connectivity index (χ1) is 7.31. The summed E-state index contributed by atoms with van der Waals surface area (Å²) in [6.45, 7) is 0.738. The van der Waals surface area contributed by atoms with E-state index in [-0.39, 0.29) is 0 Å². The summed E-state index contributed by atoms with van der Waals surface area (Å²) in [5.41, 5.74) is 0.845. The fourth-order valence-electron chi connectivity index (χ4n) is 1.12. The van der Waals surface area contributed by atoms with Gasteiger partial charge in [0, 0.05) is 17.2 Å². The van der Waals surface area contributed by atoms with Gasteiger partial charge in [-0.15, -0.1) is 10.2 Å². The molecule has 0 atom stereocenters. The van der Waals surface area contributed by atoms with Gasteiger partial charge in [0.15, 0.2) is 5.01 Å². The largest absolute Gasteiger partial charge is 0.313 e. The molecule has 4 nitrogen and oxygen atoms in total. The smallest absolute Gasteiger partial charge is 0.167 e. The molecule has 2 rings (SSSR count). The highest BCUT2D eigenvalue weighted by molar-refractivity contribution is 9.10. The van der Waals surface area contributed by atoms with E-state index >= 15 is 0 Å². The molecule has 0 aromatic carbocycles. The van der Waals surface area contributed by atoms with Crippen molar-refractivity contribution in [3.63, 3.8) is 0 Å². The molecule has 6 heteroatoms. The van der Waals surface area contributed by atoms with Crippen molar-refractivity contribution in [2.75, 3.05) is 7.05 Å². The molecular formula is C9H9BrN4S. The summed E-state index contributed by atoms with van der Waals surface area (Å²) in [5, 5.41) is 13.0. The third kappa shape index (κ3) is 2.39. The number of nitrogens with one attached hydrogen (secondary N) is 1. The lowest BCUT2D eigenvalue weighted by Crippen LogP contribution is -2.04. The van der Waals surface area contributed by atoms with Crippen LogP contribution in [0.5, 0.6) is 0 Å². The van der Waals surface area contributed by atoms with Crippen LogP contribution in [0.2, 0.25) is 0 Å². The van der Waals surface area contributed by atoms with Gasteiger partial charge in [0.1, 0.15) is 10.7 Å². The van der Waals surface area contributed by atoms with Crippen LogP contribution in [0.1, 0.15) is 5.01 Å². The highest BCUT2D eigenvalue weighted by Crippen LogP contribution is 2.27. The molecule has 0 radical (unpaired) electrons. The van der Waals surface area contributed by atoms with E-state index < -0.39 is 0 Å². The molecule has 78 valence electrons. The zero-order valence-corrected chi connectivity index (χ0v) is 10.5. The first kappa shape index (κ1) is 10.7. The van der Waals surface area contributed by atoms with Gasteiger partial charge in [0.05, 0.1) is 0 Å². The van der Waals surface area contributed by atoms with Gasteiger partial charge in [-0.3, -0.25) is 4.98 Å². The highest BCUT2D eigenvalue weighted by atomic mass is 79.9. The van der Waals surface area contributed by atoms with Crippen molar-refractivity contribution in [1.82, 2.24) is 20.5 Å². The Labute approximate surface area is 99.9 Å². The van der Waals surface area contributed by atoms with Crippen molar-refractivity contribution in [1.29, 1.82) is 0 Å². The van der Waals surface area contributed by atoms with E-state index in [1.165, 1.54) is 0 Å². The predicted molar refractivity (Wildman–Crippen MR) is 63.6 cm³/mol. The number of pyridine rings is 1. The van der Waals surface area contributed by atoms with Gasteiger partial charge >= 0.3 is 0 Å². The molecule has 2 heterocycles. The van der Waals surface area contributed by atoms with Crippen LogP contribution in [0.25, 0.3) is 10.7 Å². The van der Waals surface area contributed by atoms with E-state index in [1.54, 1.807) is 17.5 Å². The van der Waals surface area contributed by atoms with Crippen LogP contribution in [-0.4, -0.2) is 22.2 Å². The van der Waals surface area contributed by atoms with E-state index in [4.69, 9.17) is 0 Å². The summed E-state index contributed by atoms with van der Waals surface area (Å²) in [5.74, 6) is 0. The highest BCUT2D eigenvalue weighted by Gasteiger charge is 2.09. The Morgan fingerprint density at radius 2 is 2.33 bits per heavy atom. The number of nitrogens with zero attached hydrogens (tertiary/aromatic N) is 3. The fraction of sp³-hybridized carbons (Fsp3) is 0.222. The summed E-state index contributed by atoms with van der Waals surface area (Å²) in [6.07, 6.45) is 1.75. The predicted octanol–water partition coefficient (Wildman–Crippen LogP) is 2.08. The molecule has 2 aromatic heterocycles. The molecule has 2 aromatic rings. The van der Waals surface area contributed by atoms with Gasteiger partial charge in [-0.25, -0.2) is 0 Å². The average molecular weight is 285 g/mol. The number of halogens is 1. The third-order valence-corrected chi connectivity index (χ3v) is 3.33. The maximum atomic E-state index is 4.26. The number of aromatic nitrogens is 3. The standard InChI is InChI=1S/C9H9BrN4S/c1-11-5-7-13-14-9(15-7)8-6(10)3-2-4-12-8/h2-4,11H,5H2,1H3. The Hall–Kier alpha value is -0.850. The van der Waals surface area contributed by atoms with Crippen molar-refractivity contribution < 1.29 is 0 Å². The van der Waals surface area contributed by atoms with Gasteiger partial charge in [-0.1, -0.05) is 11.3 Å². The summed E-state index contributed by atoms with van der Waals surface area (Å²) in [7, 11) is 1.89. The summed E-state index contributed by atoms with van der Waals surface area (Å²) in [6, 6.07) is 3.82. The molecule has 15 heavy (non-hydrogen) atoms. The number of hydrogen-bond acceptors (Lipinski definition) is 5. The summed E-state index contributed by atoms with van der Waals surface area (Å²) in [4.78, 5) is 4.26. The summed E-state index contributed by atoms with van der Waals surface area (Å²) >= 11 is 4.99. The normalized spacial score (nSPS) is 10.5. The van der Waals surface area contributed by atoms with Crippen molar-refractivity contribution in [3.05, 3.63) is 27.8 Å². The topological polar surface area (TPSA) is 50.7 Å². The molecule has 1 N–H and O–H groups in total. The minimum absolute atomic E-state index is 0.738. The minimum Gasteiger partial charge on any atom is -0.313 e. The quantitative estimate of drug-likeness (QED) is 0.938. The average Bonchev–Trinajstić information content (AvgIpc) is 2.68. The Bertz CT molecular complexity index is 457. The van der Waals surface area contributed by atoms with Crippen LogP contribution < -0.4 is 5.32 Å². The van der Waals surface area contributed by atoms with Gasteiger partial charge in [-0.2, -0.15) is 0 Å². The van der Waals surface area contributed by atoms with Crippen LogP contribution in [0.15, 0.2) is 22.8 Å². The summed E-state index contributed by atoms with van der Waals surface area (Å²) < 4.78 is 0.942. The minimum atomic E-state index is 0.738. The number of hydrogen-bond donors (Lipinski definition) is 1. The molecule has 0 aliphatic carbocycles. The van der Waals surface area contributed by atoms with Crippen molar-refractivity contribution >= 4 is 27.3 Å². The van der Waals surface area contributed by atoms with E-state index in [1.807, 2.05) is 19.2 Å². The molecule has 0 aliphatic rings. The zero-order chi connectivity index (χ0) is 10.7. The van der Waals surface area contributed by atoms with Gasteiger partial charge in [0.2, 0.25) is 0 Å². The molecule has 0 aliphatic heterocycles. The van der Waals surface area contributed by atoms with Gasteiger partial charge in [0.25, 0.3) is 0 Å². The lowest BCUT2D eigenvalue weighted by molar-refractivity contribution is 0.794. The lowest BCUT2D eigenvalue weighted by Gasteiger charge is -1.96. The van der Waals surface area contributed by atoms with E-state index in [2.05, 4.69) is 36.4 Å². The fourth-order valence-corrected chi connectivity index (χ4v) is 2.55. The van der Waals surface area contributed by atoms with Crippen LogP contribution in [0, 0.1) is 0 Å². The van der Waals surface area contributed by atoms with Crippen molar-refractivity contribution in [2.24, 2.45) is 0 Å². The van der Waals surface area contributed by atoms with E-state index in [0.29, 0.717) is 0 Å². The van der Waals surface area contributed by atoms with Crippen molar-refractivity contribution in [2.45, 2.75) is 6.54 Å². The third-order valence-electron chi connectivity index (χ3n) is 1.76. The second-order valence-corrected chi connectivity index (χ2v) is 4.78. The molecule has 0 saturated heterocycles. The molecule has 0 unspecified atom stereocenters. The van der Waals surface area contributed by atoms with Crippen molar-refractivity contribution in [3.8, 4) is 10.7 Å². The first-order valence-corrected chi connectivity index (χ1v) is 6.00. The molecule has 0 bridgehead atoms. The second kappa shape index (κ2) is 4.78. The SMILES string of the molecule is CNCc1nnc(-c2ncccc2Br)s1. The molecule has 0 spiro atoms. The monoisotopic (exact) mass is 284 g/mol. The second-order valence-electron chi connectivity index (χ2n) is 2.87. The van der Waals surface area contributed by atoms with Gasteiger partial charge in [-0.05, 0) is 35.1 Å². The molecule has 0 fully saturated rings.